The Labute approximate surface area is 109 Å². The molecule has 0 aliphatic rings. The molecule has 0 radical (unpaired) electrons. The minimum absolute atomic E-state index is 0.273. The number of amides is 1. The van der Waals surface area contributed by atoms with Crippen LogP contribution >= 0.6 is 27.5 Å². The molecule has 0 saturated heterocycles. The highest BCUT2D eigenvalue weighted by atomic mass is 79.9. The number of anilines is 1. The lowest BCUT2D eigenvalue weighted by Crippen LogP contribution is -2.10. The predicted molar refractivity (Wildman–Crippen MR) is 66.7 cm³/mol. The van der Waals surface area contributed by atoms with E-state index in [9.17, 15) is 4.79 Å². The van der Waals surface area contributed by atoms with E-state index in [-0.39, 0.29) is 5.91 Å². The molecule has 0 fully saturated rings. The number of nitrogens with zero attached hydrogens (tertiary/aromatic N) is 3. The molecule has 1 aromatic heterocycles. The molecule has 5 nitrogen and oxygen atoms in total. The van der Waals surface area contributed by atoms with E-state index in [4.69, 9.17) is 5.26 Å². The summed E-state index contributed by atoms with van der Waals surface area (Å²) in [5, 5.41) is 15.0. The average Bonchev–Trinajstić information content (AvgIpc) is 2.85. The second kappa shape index (κ2) is 5.03. The molecule has 1 heterocycles. The van der Waals surface area contributed by atoms with E-state index in [0.29, 0.717) is 20.6 Å². The van der Waals surface area contributed by atoms with E-state index < -0.39 is 0 Å². The molecule has 0 aliphatic heterocycles. The van der Waals surface area contributed by atoms with Gasteiger partial charge >= 0.3 is 0 Å². The van der Waals surface area contributed by atoms with Crippen molar-refractivity contribution >= 4 is 39.1 Å². The average molecular weight is 309 g/mol. The first-order valence-electron chi connectivity index (χ1n) is 4.49. The second-order valence-electron chi connectivity index (χ2n) is 3.04. The number of hydrogen-bond acceptors (Lipinski definition) is 5. The third-order valence-electron chi connectivity index (χ3n) is 1.93. The Morgan fingerprint density at radius 1 is 1.53 bits per heavy atom. The topological polar surface area (TPSA) is 78.7 Å². The fraction of sp³-hybridized carbons (Fsp3) is 0. The van der Waals surface area contributed by atoms with E-state index in [1.54, 1.807) is 18.2 Å². The molecule has 1 N–H and O–H groups in total. The Balaban J connectivity index is 2.20. The molecule has 1 aromatic carbocycles. The van der Waals surface area contributed by atoms with Crippen LogP contribution in [0.5, 0.6) is 0 Å². The minimum Gasteiger partial charge on any atom is -0.320 e. The molecule has 0 atom stereocenters. The molecule has 2 rings (SSSR count). The summed E-state index contributed by atoms with van der Waals surface area (Å²) in [6, 6.07) is 6.95. The van der Waals surface area contributed by atoms with Crippen molar-refractivity contribution in [1.82, 2.24) is 9.59 Å². The fourth-order valence-corrected chi connectivity index (χ4v) is 2.03. The van der Waals surface area contributed by atoms with Gasteiger partial charge in [0.25, 0.3) is 5.91 Å². The summed E-state index contributed by atoms with van der Waals surface area (Å²) in [6.45, 7) is 0. The standard InChI is InChI=1S/C10H5BrN4OS/c11-7-3-6(4-12)1-2-8(7)14-10(16)9-5-13-15-17-9/h1-3,5H,(H,14,16). The Kier molecular flexibility index (Phi) is 3.46. The van der Waals surface area contributed by atoms with Gasteiger partial charge in [0, 0.05) is 4.47 Å². The highest BCUT2D eigenvalue weighted by molar-refractivity contribution is 9.10. The van der Waals surface area contributed by atoms with Crippen molar-refractivity contribution in [3.05, 3.63) is 39.3 Å². The summed E-state index contributed by atoms with van der Waals surface area (Å²) < 4.78 is 4.27. The maximum atomic E-state index is 11.7. The van der Waals surface area contributed by atoms with Gasteiger partial charge in [-0.3, -0.25) is 4.79 Å². The van der Waals surface area contributed by atoms with Gasteiger partial charge in [-0.1, -0.05) is 4.49 Å². The maximum Gasteiger partial charge on any atom is 0.269 e. The number of carbonyl (C=O) groups excluding carboxylic acids is 1. The zero-order valence-corrected chi connectivity index (χ0v) is 10.7. The number of halogens is 1. The van der Waals surface area contributed by atoms with Crippen molar-refractivity contribution < 1.29 is 4.79 Å². The van der Waals surface area contributed by atoms with E-state index in [1.807, 2.05) is 6.07 Å². The third kappa shape index (κ3) is 2.67. The zero-order chi connectivity index (χ0) is 12.3. The summed E-state index contributed by atoms with van der Waals surface area (Å²) in [7, 11) is 0. The van der Waals surface area contributed by atoms with Gasteiger partial charge in [0.05, 0.1) is 23.5 Å². The second-order valence-corrected chi connectivity index (χ2v) is 4.68. The lowest BCUT2D eigenvalue weighted by molar-refractivity contribution is 0.103. The number of nitrogens with one attached hydrogen (secondary N) is 1. The summed E-state index contributed by atoms with van der Waals surface area (Å²) in [6.07, 6.45) is 1.40. The SMILES string of the molecule is N#Cc1ccc(NC(=O)c2cnns2)c(Br)c1. The summed E-state index contributed by atoms with van der Waals surface area (Å²) >= 11 is 4.31. The molecule has 0 saturated carbocycles. The van der Waals surface area contributed by atoms with Crippen LogP contribution in [-0.2, 0) is 0 Å². The van der Waals surface area contributed by atoms with Gasteiger partial charge in [-0.2, -0.15) is 5.26 Å². The first-order valence-corrected chi connectivity index (χ1v) is 6.05. The molecular formula is C10H5BrN4OS. The predicted octanol–water partition coefficient (Wildman–Crippen LogP) is 2.42. The third-order valence-corrected chi connectivity index (χ3v) is 3.25. The zero-order valence-electron chi connectivity index (χ0n) is 8.35. The Morgan fingerprint density at radius 3 is 2.94 bits per heavy atom. The van der Waals surface area contributed by atoms with Gasteiger partial charge in [0.1, 0.15) is 4.88 Å². The Bertz CT molecular complexity index is 591. The lowest BCUT2D eigenvalue weighted by Gasteiger charge is -2.05. The van der Waals surface area contributed by atoms with Crippen molar-refractivity contribution in [2.75, 3.05) is 5.32 Å². The van der Waals surface area contributed by atoms with Crippen LogP contribution in [0.25, 0.3) is 0 Å². The largest absolute Gasteiger partial charge is 0.320 e. The van der Waals surface area contributed by atoms with Gasteiger partial charge in [0.2, 0.25) is 0 Å². The molecule has 0 bridgehead atoms. The molecule has 2 aromatic rings. The summed E-state index contributed by atoms with van der Waals surface area (Å²) in [5.74, 6) is -0.273. The van der Waals surface area contributed by atoms with Crippen LogP contribution in [0.4, 0.5) is 5.69 Å². The lowest BCUT2D eigenvalue weighted by atomic mass is 10.2. The summed E-state index contributed by atoms with van der Waals surface area (Å²) in [5.41, 5.74) is 1.12. The first-order chi connectivity index (χ1) is 8.20. The number of hydrogen-bond donors (Lipinski definition) is 1. The molecule has 17 heavy (non-hydrogen) atoms. The molecular weight excluding hydrogens is 304 g/mol. The quantitative estimate of drug-likeness (QED) is 0.924. The van der Waals surface area contributed by atoms with E-state index in [2.05, 4.69) is 30.8 Å². The van der Waals surface area contributed by atoms with Gasteiger partial charge in [-0.25, -0.2) is 0 Å². The molecule has 0 unspecified atom stereocenters. The van der Waals surface area contributed by atoms with Crippen LogP contribution in [0.1, 0.15) is 15.2 Å². The van der Waals surface area contributed by atoms with E-state index in [1.165, 1.54) is 6.20 Å². The number of nitriles is 1. The van der Waals surface area contributed by atoms with Crippen molar-refractivity contribution in [2.24, 2.45) is 0 Å². The normalized spacial score (nSPS) is 9.65. The molecule has 7 heteroatoms. The molecule has 1 amide bonds. The van der Waals surface area contributed by atoms with Crippen molar-refractivity contribution in [2.45, 2.75) is 0 Å². The van der Waals surface area contributed by atoms with E-state index >= 15 is 0 Å². The number of benzene rings is 1. The van der Waals surface area contributed by atoms with Crippen LogP contribution in [0.3, 0.4) is 0 Å². The minimum atomic E-state index is -0.273. The number of rotatable bonds is 2. The van der Waals surface area contributed by atoms with Crippen molar-refractivity contribution in [3.63, 3.8) is 0 Å². The van der Waals surface area contributed by atoms with Crippen LogP contribution in [0.15, 0.2) is 28.9 Å². The summed E-state index contributed by atoms with van der Waals surface area (Å²) in [4.78, 5) is 12.1. The van der Waals surface area contributed by atoms with Gasteiger partial charge in [-0.05, 0) is 45.7 Å². The van der Waals surface area contributed by atoms with Gasteiger partial charge in [0.15, 0.2) is 0 Å². The number of carbonyl (C=O) groups is 1. The van der Waals surface area contributed by atoms with Crippen LogP contribution < -0.4 is 5.32 Å². The van der Waals surface area contributed by atoms with E-state index in [0.717, 1.165) is 11.5 Å². The first kappa shape index (κ1) is 11.7. The number of aromatic nitrogens is 2. The van der Waals surface area contributed by atoms with Crippen LogP contribution in [0.2, 0.25) is 0 Å². The highest BCUT2D eigenvalue weighted by Gasteiger charge is 2.10. The van der Waals surface area contributed by atoms with Gasteiger partial charge in [-0.15, -0.1) is 5.10 Å². The Morgan fingerprint density at radius 2 is 2.35 bits per heavy atom. The smallest absolute Gasteiger partial charge is 0.269 e. The van der Waals surface area contributed by atoms with Crippen LogP contribution in [0, 0.1) is 11.3 Å². The Hall–Kier alpha value is -1.78. The van der Waals surface area contributed by atoms with Crippen molar-refractivity contribution in [1.29, 1.82) is 5.26 Å². The monoisotopic (exact) mass is 308 g/mol. The molecule has 84 valence electrons. The van der Waals surface area contributed by atoms with Crippen LogP contribution in [-0.4, -0.2) is 15.5 Å². The van der Waals surface area contributed by atoms with Gasteiger partial charge < -0.3 is 5.32 Å². The molecule has 0 spiro atoms. The maximum absolute atomic E-state index is 11.7. The molecule has 0 aliphatic carbocycles. The van der Waals surface area contributed by atoms with Crippen molar-refractivity contribution in [3.8, 4) is 6.07 Å². The fourth-order valence-electron chi connectivity index (χ4n) is 1.14. The highest BCUT2D eigenvalue weighted by Crippen LogP contribution is 2.24.